The molecule has 1 aromatic carbocycles. The van der Waals surface area contributed by atoms with Gasteiger partial charge in [-0.25, -0.2) is 4.98 Å². The number of nitrogens with zero attached hydrogens (tertiary/aromatic N) is 1. The molecule has 0 spiro atoms. The van der Waals surface area contributed by atoms with Crippen LogP contribution in [0.1, 0.15) is 29.8 Å². The maximum atomic E-state index is 12.4. The van der Waals surface area contributed by atoms with Gasteiger partial charge in [0.05, 0.1) is 0 Å². The number of hydrogen-bond acceptors (Lipinski definition) is 2. The zero-order chi connectivity index (χ0) is 14.5. The lowest BCUT2D eigenvalue weighted by Gasteiger charge is -1.99. The fourth-order valence-corrected chi connectivity index (χ4v) is 2.24. The van der Waals surface area contributed by atoms with Gasteiger partial charge in [0, 0.05) is 33.4 Å². The zero-order valence-electron chi connectivity index (χ0n) is 11.4. The molecule has 0 amide bonds. The molecule has 4 heteroatoms. The van der Waals surface area contributed by atoms with Gasteiger partial charge >= 0.3 is 0 Å². The maximum Gasteiger partial charge on any atom is 0.195 e. The van der Waals surface area contributed by atoms with Crippen molar-refractivity contribution >= 4 is 32.7 Å². The van der Waals surface area contributed by atoms with Crippen molar-refractivity contribution in [3.63, 3.8) is 0 Å². The molecule has 0 radical (unpaired) electrons. The quantitative estimate of drug-likeness (QED) is 0.699. The van der Waals surface area contributed by atoms with Gasteiger partial charge in [0.2, 0.25) is 0 Å². The van der Waals surface area contributed by atoms with E-state index < -0.39 is 0 Å². The van der Waals surface area contributed by atoms with E-state index in [9.17, 15) is 4.79 Å². The number of nitrogens with one attached hydrogen (secondary N) is 1. The van der Waals surface area contributed by atoms with Crippen molar-refractivity contribution in [2.45, 2.75) is 13.8 Å². The molecule has 0 fully saturated rings. The molecule has 102 valence electrons. The summed E-state index contributed by atoms with van der Waals surface area (Å²) >= 11 is 3.37. The summed E-state index contributed by atoms with van der Waals surface area (Å²) in [5.74, 6) is 0.00162. The third kappa shape index (κ3) is 2.80. The fraction of sp³-hybridized carbons (Fsp3) is 0.125. The van der Waals surface area contributed by atoms with Crippen molar-refractivity contribution in [2.24, 2.45) is 0 Å². The number of aromatic amines is 1. The molecule has 0 aliphatic heterocycles. The minimum Gasteiger partial charge on any atom is -0.345 e. The van der Waals surface area contributed by atoms with Crippen molar-refractivity contribution in [2.75, 3.05) is 0 Å². The molecular weight excluding hydrogens is 316 g/mol. The highest BCUT2D eigenvalue weighted by Gasteiger charge is 2.14. The van der Waals surface area contributed by atoms with Gasteiger partial charge in [-0.3, -0.25) is 4.79 Å². The minimum absolute atomic E-state index is 0.00162. The molecule has 0 atom stereocenters. The van der Waals surface area contributed by atoms with Crippen molar-refractivity contribution in [1.82, 2.24) is 9.97 Å². The summed E-state index contributed by atoms with van der Waals surface area (Å²) in [6.45, 7) is 4.00. The van der Waals surface area contributed by atoms with Gasteiger partial charge in [-0.1, -0.05) is 44.2 Å². The molecule has 1 N–H and O–H groups in total. The van der Waals surface area contributed by atoms with E-state index >= 15 is 0 Å². The standard InChI is InChI=1S/C14H9BrN2O.C2H6/c15-10-6-11-12(8-17-14(11)16-7-10)13(18)9-4-2-1-3-5-9;1-2/h1-8H,(H,16,17);1-2H3. The number of fused-ring (bicyclic) bond motifs is 1. The lowest BCUT2D eigenvalue weighted by Crippen LogP contribution is -1.99. The Morgan fingerprint density at radius 2 is 1.90 bits per heavy atom. The molecule has 3 aromatic rings. The summed E-state index contributed by atoms with van der Waals surface area (Å²) < 4.78 is 0.858. The highest BCUT2D eigenvalue weighted by Crippen LogP contribution is 2.22. The van der Waals surface area contributed by atoms with Crippen LogP contribution in [-0.2, 0) is 0 Å². The Balaban J connectivity index is 0.000000704. The van der Waals surface area contributed by atoms with E-state index in [1.54, 1.807) is 12.4 Å². The van der Waals surface area contributed by atoms with Gasteiger partial charge in [0.1, 0.15) is 5.65 Å². The van der Waals surface area contributed by atoms with Crippen LogP contribution in [-0.4, -0.2) is 15.8 Å². The Labute approximate surface area is 126 Å². The van der Waals surface area contributed by atoms with E-state index in [1.165, 1.54) is 0 Å². The first-order valence-corrected chi connectivity index (χ1v) is 7.27. The number of halogens is 1. The summed E-state index contributed by atoms with van der Waals surface area (Å²) in [5.41, 5.74) is 2.04. The van der Waals surface area contributed by atoms with Crippen molar-refractivity contribution < 1.29 is 4.79 Å². The average molecular weight is 331 g/mol. The third-order valence-electron chi connectivity index (χ3n) is 2.78. The largest absolute Gasteiger partial charge is 0.345 e. The fourth-order valence-electron chi connectivity index (χ4n) is 1.91. The molecular formula is C16H15BrN2O. The van der Waals surface area contributed by atoms with E-state index in [0.717, 1.165) is 15.5 Å². The maximum absolute atomic E-state index is 12.4. The van der Waals surface area contributed by atoms with Crippen LogP contribution in [0.15, 0.2) is 53.3 Å². The Hall–Kier alpha value is -1.94. The van der Waals surface area contributed by atoms with Gasteiger partial charge in [0.15, 0.2) is 5.78 Å². The lowest BCUT2D eigenvalue weighted by atomic mass is 10.0. The van der Waals surface area contributed by atoms with E-state index in [0.29, 0.717) is 11.1 Å². The Bertz CT molecular complexity index is 720. The molecule has 0 aliphatic rings. The van der Waals surface area contributed by atoms with E-state index in [1.807, 2.05) is 50.2 Å². The van der Waals surface area contributed by atoms with Gasteiger partial charge in [-0.05, 0) is 22.0 Å². The summed E-state index contributed by atoms with van der Waals surface area (Å²) in [6, 6.07) is 11.1. The van der Waals surface area contributed by atoms with Crippen LogP contribution in [0.3, 0.4) is 0 Å². The predicted molar refractivity (Wildman–Crippen MR) is 85.0 cm³/mol. The second kappa shape index (κ2) is 6.48. The SMILES string of the molecule is CC.O=C(c1ccccc1)c1c[nH]c2ncc(Br)cc12. The number of benzene rings is 1. The average Bonchev–Trinajstić information content (AvgIpc) is 2.92. The van der Waals surface area contributed by atoms with Crippen LogP contribution in [0.5, 0.6) is 0 Å². The number of rotatable bonds is 2. The molecule has 2 heterocycles. The second-order valence-corrected chi connectivity index (χ2v) is 4.86. The van der Waals surface area contributed by atoms with Crippen LogP contribution in [0, 0.1) is 0 Å². The molecule has 0 unspecified atom stereocenters. The summed E-state index contributed by atoms with van der Waals surface area (Å²) in [6.07, 6.45) is 3.41. The minimum atomic E-state index is 0.00162. The van der Waals surface area contributed by atoms with Crippen LogP contribution in [0.4, 0.5) is 0 Å². The number of ketones is 1. The van der Waals surface area contributed by atoms with E-state index in [2.05, 4.69) is 25.9 Å². The molecule has 0 saturated heterocycles. The Kier molecular flexibility index (Phi) is 4.69. The first kappa shape index (κ1) is 14.5. The number of carbonyl (C=O) groups is 1. The van der Waals surface area contributed by atoms with Crippen LogP contribution < -0.4 is 0 Å². The highest BCUT2D eigenvalue weighted by atomic mass is 79.9. The Morgan fingerprint density at radius 3 is 2.60 bits per heavy atom. The normalized spacial score (nSPS) is 9.95. The van der Waals surface area contributed by atoms with Gasteiger partial charge in [0.25, 0.3) is 0 Å². The third-order valence-corrected chi connectivity index (χ3v) is 3.21. The van der Waals surface area contributed by atoms with Crippen LogP contribution in [0.2, 0.25) is 0 Å². The van der Waals surface area contributed by atoms with E-state index in [4.69, 9.17) is 0 Å². The van der Waals surface area contributed by atoms with Crippen LogP contribution >= 0.6 is 15.9 Å². The predicted octanol–water partition coefficient (Wildman–Crippen LogP) is 4.58. The Morgan fingerprint density at radius 1 is 1.20 bits per heavy atom. The zero-order valence-corrected chi connectivity index (χ0v) is 12.9. The number of hydrogen-bond donors (Lipinski definition) is 1. The van der Waals surface area contributed by atoms with Crippen molar-refractivity contribution in [3.05, 3.63) is 64.4 Å². The topological polar surface area (TPSA) is 45.8 Å². The monoisotopic (exact) mass is 330 g/mol. The van der Waals surface area contributed by atoms with Gasteiger partial charge < -0.3 is 4.98 Å². The summed E-state index contributed by atoms with van der Waals surface area (Å²) in [5, 5.41) is 0.832. The molecule has 0 bridgehead atoms. The number of carbonyl (C=O) groups excluding carboxylic acids is 1. The molecule has 0 aliphatic carbocycles. The first-order chi connectivity index (χ1) is 9.75. The van der Waals surface area contributed by atoms with E-state index in [-0.39, 0.29) is 5.78 Å². The van der Waals surface area contributed by atoms with Gasteiger partial charge in [-0.15, -0.1) is 0 Å². The van der Waals surface area contributed by atoms with Crippen molar-refractivity contribution in [1.29, 1.82) is 0 Å². The lowest BCUT2D eigenvalue weighted by molar-refractivity contribution is 0.104. The van der Waals surface area contributed by atoms with Crippen molar-refractivity contribution in [3.8, 4) is 0 Å². The molecule has 2 aromatic heterocycles. The molecule has 20 heavy (non-hydrogen) atoms. The number of H-pyrrole nitrogens is 1. The second-order valence-electron chi connectivity index (χ2n) is 3.95. The molecule has 0 saturated carbocycles. The smallest absolute Gasteiger partial charge is 0.195 e. The molecule has 3 nitrogen and oxygen atoms in total. The summed E-state index contributed by atoms with van der Waals surface area (Å²) in [4.78, 5) is 19.6. The van der Waals surface area contributed by atoms with Gasteiger partial charge in [-0.2, -0.15) is 0 Å². The number of aromatic nitrogens is 2. The highest BCUT2D eigenvalue weighted by molar-refractivity contribution is 9.10. The van der Waals surface area contributed by atoms with Crippen LogP contribution in [0.25, 0.3) is 11.0 Å². The first-order valence-electron chi connectivity index (χ1n) is 6.48. The summed E-state index contributed by atoms with van der Waals surface area (Å²) in [7, 11) is 0. The molecule has 3 rings (SSSR count). The number of pyridine rings is 1.